The Labute approximate surface area is 514 Å². The van der Waals surface area contributed by atoms with E-state index in [1.165, 1.54) is 38.4 Å². The average Bonchev–Trinajstić information content (AvgIpc) is 1.90. The molecule has 2 fully saturated rings. The minimum atomic E-state index is -1.14. The molecule has 87 heavy (non-hydrogen) atoms. The van der Waals surface area contributed by atoms with Crippen molar-refractivity contribution >= 4 is 59.4 Å². The highest BCUT2D eigenvalue weighted by atomic mass is 16.6. The molecule has 4 aliphatic rings. The van der Waals surface area contributed by atoms with E-state index >= 15 is 0 Å². The number of carbonyl (C=O) groups excluding carboxylic acids is 10. The largest absolute Gasteiger partial charge is 0.444 e. The minimum Gasteiger partial charge on any atom is -0.444 e. The van der Waals surface area contributed by atoms with E-state index in [0.29, 0.717) is 19.4 Å². The number of amides is 10. The van der Waals surface area contributed by atoms with Crippen molar-refractivity contribution in [2.75, 3.05) is 33.7 Å². The first kappa shape index (κ1) is 68.8. The summed E-state index contributed by atoms with van der Waals surface area (Å²) < 4.78 is 11.0. The zero-order valence-electron chi connectivity index (χ0n) is 53.9. The molecule has 2 aromatic rings. The van der Waals surface area contributed by atoms with Crippen molar-refractivity contribution in [1.29, 1.82) is 0 Å². The molecule has 2 aromatic carbocycles. The van der Waals surface area contributed by atoms with Crippen LogP contribution < -0.4 is 31.9 Å². The summed E-state index contributed by atoms with van der Waals surface area (Å²) in [5, 5.41) is 18.0. The third kappa shape index (κ3) is 19.1. The van der Waals surface area contributed by atoms with E-state index in [9.17, 15) is 47.9 Å². The van der Waals surface area contributed by atoms with Crippen LogP contribution in [0.25, 0.3) is 0 Å². The van der Waals surface area contributed by atoms with E-state index < -0.39 is 107 Å². The molecule has 2 aliphatic carbocycles. The molecule has 480 valence electrons. The Kier molecular flexibility index (Phi) is 23.4. The van der Waals surface area contributed by atoms with Crippen molar-refractivity contribution < 1.29 is 57.4 Å². The lowest BCUT2D eigenvalue weighted by Gasteiger charge is -2.37. The lowest BCUT2D eigenvalue weighted by molar-refractivity contribution is -0.144. The number of rotatable bonds is 21. The molecule has 10 atom stereocenters. The molecule has 10 amide bonds. The van der Waals surface area contributed by atoms with Crippen LogP contribution in [0.5, 0.6) is 0 Å². The summed E-state index contributed by atoms with van der Waals surface area (Å²) in [6.45, 7) is 21.1. The van der Waals surface area contributed by atoms with E-state index in [1.54, 1.807) is 67.2 Å². The van der Waals surface area contributed by atoms with Crippen molar-refractivity contribution in [3.63, 3.8) is 0 Å². The van der Waals surface area contributed by atoms with Gasteiger partial charge in [-0.05, 0) is 160 Å². The van der Waals surface area contributed by atoms with Gasteiger partial charge < -0.3 is 51.2 Å². The van der Waals surface area contributed by atoms with E-state index in [4.69, 9.17) is 9.47 Å². The Balaban J connectivity index is 1.07. The molecular weight excluding hydrogens is 1110 g/mol. The highest BCUT2D eigenvalue weighted by molar-refractivity contribution is 5.96. The van der Waals surface area contributed by atoms with Crippen molar-refractivity contribution in [3.05, 3.63) is 70.8 Å². The number of carbonyl (C=O) groups is 10. The Bertz CT molecular complexity index is 2820. The first-order chi connectivity index (χ1) is 40.7. The zero-order chi connectivity index (χ0) is 64.3. The predicted octanol–water partition coefficient (Wildman–Crippen LogP) is 6.29. The summed E-state index contributed by atoms with van der Waals surface area (Å²) in [4.78, 5) is 144. The molecule has 2 heterocycles. The third-order valence-electron chi connectivity index (χ3n) is 16.8. The molecule has 6 rings (SSSR count). The van der Waals surface area contributed by atoms with Crippen LogP contribution >= 0.6 is 0 Å². The number of likely N-dealkylation sites (N-methyl/N-ethyl adjacent to an activating group) is 2. The summed E-state index contributed by atoms with van der Waals surface area (Å²) in [7, 11) is 2.88. The molecule has 0 radical (unpaired) electrons. The molecule has 0 bridgehead atoms. The highest BCUT2D eigenvalue weighted by Gasteiger charge is 2.47. The van der Waals surface area contributed by atoms with Crippen molar-refractivity contribution in [3.8, 4) is 0 Å². The number of aryl methyl sites for hydroxylation is 2. The van der Waals surface area contributed by atoms with Crippen LogP contribution in [0.3, 0.4) is 0 Å². The van der Waals surface area contributed by atoms with Gasteiger partial charge in [0.15, 0.2) is 0 Å². The van der Waals surface area contributed by atoms with Crippen LogP contribution in [0.4, 0.5) is 9.59 Å². The van der Waals surface area contributed by atoms with E-state index in [-0.39, 0.29) is 81.4 Å². The highest BCUT2D eigenvalue weighted by Crippen LogP contribution is 2.34. The number of fused-ring (bicyclic) bond motifs is 2. The van der Waals surface area contributed by atoms with Crippen molar-refractivity contribution in [2.24, 2.45) is 11.3 Å². The Morgan fingerprint density at radius 2 is 1.07 bits per heavy atom. The SMILES string of the molecule is C[C@H]1C[C@@H](C(=O)N[C@@H]2CCCc3ccccc32)N(C(=O)[C@H](CCCNC(=O)CCCC(=O)N[C@H]2C[C@@H](C(=O)N[C@@H]3CCCc4ccccc43)N(C(=O)[C@@H](NC(=O)[C@H](C)N(C)C(=O)OC(C)(C)C)C(C)(C)C)C2)NC(=O)[C@H](C)N(C)C(=O)OC(C)(C)C)C1. The lowest BCUT2D eigenvalue weighted by atomic mass is 9.85. The normalized spacial score (nSPS) is 21.5. The first-order valence-corrected chi connectivity index (χ1v) is 31.2. The number of hydrogen-bond donors (Lipinski definition) is 6. The van der Waals surface area contributed by atoms with E-state index in [1.807, 2.05) is 49.4 Å². The molecule has 22 nitrogen and oxygen atoms in total. The molecule has 6 N–H and O–H groups in total. The Morgan fingerprint density at radius 1 is 0.598 bits per heavy atom. The Hall–Kier alpha value is -7.26. The van der Waals surface area contributed by atoms with Gasteiger partial charge in [-0.25, -0.2) is 9.59 Å². The van der Waals surface area contributed by atoms with Gasteiger partial charge in [0, 0.05) is 52.6 Å². The molecule has 0 saturated carbocycles. The second-order valence-corrected chi connectivity index (χ2v) is 27.4. The van der Waals surface area contributed by atoms with Crippen LogP contribution in [0.2, 0.25) is 0 Å². The number of benzene rings is 2. The molecule has 2 saturated heterocycles. The van der Waals surface area contributed by atoms with Gasteiger partial charge in [-0.3, -0.25) is 48.2 Å². The second-order valence-electron chi connectivity index (χ2n) is 27.4. The maximum atomic E-state index is 14.9. The summed E-state index contributed by atoms with van der Waals surface area (Å²) >= 11 is 0. The minimum absolute atomic E-state index is 0.00617. The standard InChI is InChI=1S/C65H98N10O12/c1-39-35-50(57(80)68-47-29-19-25-42-23-15-17-27-45(42)47)74(37-39)59(82)49(70-55(78)40(2)72(13)61(84)86-64(7,8)9)31-22-34-66-52(76)32-21-33-53(77)67-44-36-51(58(81)69-48-30-20-26-43-24-16-18-28-46(43)48)75(38-44)60(83)54(63(4,5)6)71-56(79)41(3)73(14)62(85)87-65(10,11)12/h15-18,23-24,27-28,39-41,44,47-51,54H,19-22,25-26,29-38H2,1-14H3,(H,66,76)(H,67,77)(H,68,80)(H,69,81)(H,70,78)(H,71,79)/t39-,40-,41-,44-,47+,48+,49-,50-,51-,54+/m0/s1. The molecule has 22 heteroatoms. The molecule has 2 aliphatic heterocycles. The monoisotopic (exact) mass is 1210 g/mol. The number of hydrogen-bond acceptors (Lipinski definition) is 12. The quantitative estimate of drug-likeness (QED) is 0.0753. The lowest BCUT2D eigenvalue weighted by Crippen LogP contribution is -2.60. The average molecular weight is 1210 g/mol. The van der Waals surface area contributed by atoms with Gasteiger partial charge in [0.05, 0.1) is 12.1 Å². The maximum Gasteiger partial charge on any atom is 0.410 e. The van der Waals surface area contributed by atoms with Crippen LogP contribution in [0.1, 0.15) is 188 Å². The van der Waals surface area contributed by atoms with Crippen LogP contribution in [0.15, 0.2) is 48.5 Å². The fourth-order valence-corrected chi connectivity index (χ4v) is 11.8. The van der Waals surface area contributed by atoms with Crippen molar-refractivity contribution in [1.82, 2.24) is 51.5 Å². The molecule has 0 spiro atoms. The summed E-state index contributed by atoms with van der Waals surface area (Å²) in [6.07, 6.45) is 4.56. The maximum absolute atomic E-state index is 14.9. The molecular formula is C65H98N10O12. The number of ether oxygens (including phenoxy) is 2. The van der Waals surface area contributed by atoms with Crippen LogP contribution in [-0.2, 0) is 60.7 Å². The van der Waals surface area contributed by atoms with Gasteiger partial charge >= 0.3 is 12.2 Å². The van der Waals surface area contributed by atoms with Gasteiger partial charge in [-0.15, -0.1) is 0 Å². The predicted molar refractivity (Wildman–Crippen MR) is 328 cm³/mol. The molecule has 0 unspecified atom stereocenters. The first-order valence-electron chi connectivity index (χ1n) is 31.2. The van der Waals surface area contributed by atoms with E-state index in [2.05, 4.69) is 38.0 Å². The number of nitrogens with one attached hydrogen (secondary N) is 6. The summed E-state index contributed by atoms with van der Waals surface area (Å²) in [5.41, 5.74) is 1.90. The van der Waals surface area contributed by atoms with Crippen molar-refractivity contribution in [2.45, 2.75) is 232 Å². The number of nitrogens with zero attached hydrogens (tertiary/aromatic N) is 4. The topological polar surface area (TPSA) is 274 Å². The third-order valence-corrected chi connectivity index (χ3v) is 16.8. The van der Waals surface area contributed by atoms with Gasteiger partial charge in [0.1, 0.15) is 47.5 Å². The van der Waals surface area contributed by atoms with Gasteiger partial charge in [-0.1, -0.05) is 76.2 Å². The van der Waals surface area contributed by atoms with Crippen LogP contribution in [0, 0.1) is 11.3 Å². The summed E-state index contributed by atoms with van der Waals surface area (Å²) in [6, 6.07) is 8.70. The second kappa shape index (κ2) is 29.6. The summed E-state index contributed by atoms with van der Waals surface area (Å²) in [5.74, 6) is -3.60. The van der Waals surface area contributed by atoms with Gasteiger partial charge in [0.25, 0.3) is 0 Å². The molecule has 0 aromatic heterocycles. The van der Waals surface area contributed by atoms with E-state index in [0.717, 1.165) is 58.6 Å². The number of likely N-dealkylation sites (tertiary alicyclic amines) is 2. The fourth-order valence-electron chi connectivity index (χ4n) is 11.8. The zero-order valence-corrected chi connectivity index (χ0v) is 53.9. The smallest absolute Gasteiger partial charge is 0.410 e. The van der Waals surface area contributed by atoms with Crippen LogP contribution in [-0.4, -0.2) is 166 Å². The van der Waals surface area contributed by atoms with Gasteiger partial charge in [-0.2, -0.15) is 0 Å². The van der Waals surface area contributed by atoms with Gasteiger partial charge in [0.2, 0.25) is 47.3 Å². The Morgan fingerprint density at radius 3 is 1.57 bits per heavy atom. The fraction of sp³-hybridized carbons (Fsp3) is 0.662.